The zero-order valence-electron chi connectivity index (χ0n) is 27.5. The lowest BCUT2D eigenvalue weighted by molar-refractivity contribution is -0.147. The van der Waals surface area contributed by atoms with Crippen molar-refractivity contribution in [2.75, 3.05) is 33.1 Å². The second-order valence-electron chi connectivity index (χ2n) is 10.9. The molecule has 2 atom stereocenters. The van der Waals surface area contributed by atoms with Crippen LogP contribution in [-0.4, -0.2) is 81.1 Å². The summed E-state index contributed by atoms with van der Waals surface area (Å²) in [5.41, 5.74) is 0.0705. The second kappa shape index (κ2) is 23.0. The lowest BCUT2D eigenvalue weighted by Gasteiger charge is -2.31. The van der Waals surface area contributed by atoms with Gasteiger partial charge in [-0.1, -0.05) is 83.6 Å². The summed E-state index contributed by atoms with van der Waals surface area (Å²) in [6.07, 6.45) is -0.223. The van der Waals surface area contributed by atoms with Crippen molar-refractivity contribution in [3.8, 4) is 0 Å². The molecule has 0 saturated carbocycles. The number of methoxy groups -OCH3 is 2. The minimum absolute atomic E-state index is 0. The highest BCUT2D eigenvalue weighted by Crippen LogP contribution is 2.27. The molecule has 254 valence electrons. The minimum Gasteiger partial charge on any atom is -0.469 e. The fourth-order valence-corrected chi connectivity index (χ4v) is 4.11. The van der Waals surface area contributed by atoms with E-state index in [9.17, 15) is 24.0 Å². The van der Waals surface area contributed by atoms with Crippen LogP contribution in [0.4, 0.5) is 4.79 Å². The monoisotopic (exact) mass is 646 g/mol. The summed E-state index contributed by atoms with van der Waals surface area (Å²) in [5, 5.41) is 5.06. The van der Waals surface area contributed by atoms with E-state index in [-0.39, 0.29) is 57.2 Å². The van der Waals surface area contributed by atoms with Gasteiger partial charge in [0.15, 0.2) is 5.12 Å². The van der Waals surface area contributed by atoms with Gasteiger partial charge in [0.25, 0.3) is 0 Å². The normalized spacial score (nSPS) is 12.0. The maximum atomic E-state index is 12.3. The van der Waals surface area contributed by atoms with E-state index in [1.54, 1.807) is 27.7 Å². The van der Waals surface area contributed by atoms with Crippen molar-refractivity contribution < 1.29 is 50.6 Å². The van der Waals surface area contributed by atoms with Crippen LogP contribution in [-0.2, 0) is 49.5 Å². The number of rotatable bonds is 14. The Labute approximate surface area is 268 Å². The second-order valence-corrected chi connectivity index (χ2v) is 11.9. The number of hydrogen-bond donors (Lipinski definition) is 2. The first-order valence-corrected chi connectivity index (χ1v) is 15.1. The molecule has 0 aromatic heterocycles. The summed E-state index contributed by atoms with van der Waals surface area (Å²) in [5.74, 6) is -1.05. The van der Waals surface area contributed by atoms with Crippen LogP contribution in [0.2, 0.25) is 0 Å². The maximum absolute atomic E-state index is 12.3. The predicted octanol–water partition coefficient (Wildman–Crippen LogP) is 4.57. The molecule has 0 aliphatic heterocycles. The SMILES string of the molecule is C=O.CCC(C)(C)[C@@H](OC)C(=O)NCCC(=O)OC.CCOC(=O)N[C@@H](CSC(=O)C(C)(C)C)C(=O)OCc1ccccc1.[HH].[HH]. The van der Waals surface area contributed by atoms with Crippen molar-refractivity contribution in [2.45, 2.75) is 80.1 Å². The van der Waals surface area contributed by atoms with Crippen LogP contribution in [0.25, 0.3) is 0 Å². The van der Waals surface area contributed by atoms with Crippen molar-refractivity contribution in [1.82, 2.24) is 10.6 Å². The molecular weight excluding hydrogens is 592 g/mol. The first-order valence-electron chi connectivity index (χ1n) is 14.1. The first kappa shape index (κ1) is 42.7. The summed E-state index contributed by atoms with van der Waals surface area (Å²) in [7, 11) is 2.84. The Morgan fingerprint density at radius 1 is 0.955 bits per heavy atom. The fraction of sp³-hybridized carbons (Fsp3) is 0.613. The van der Waals surface area contributed by atoms with Gasteiger partial charge in [-0.3, -0.25) is 14.4 Å². The van der Waals surface area contributed by atoms with Crippen LogP contribution in [0.15, 0.2) is 30.3 Å². The van der Waals surface area contributed by atoms with Gasteiger partial charge in [0.2, 0.25) is 5.91 Å². The van der Waals surface area contributed by atoms with Gasteiger partial charge in [0.1, 0.15) is 25.5 Å². The van der Waals surface area contributed by atoms with E-state index >= 15 is 0 Å². The van der Waals surface area contributed by atoms with Crippen molar-refractivity contribution in [2.24, 2.45) is 10.8 Å². The number of esters is 2. The Morgan fingerprint density at radius 3 is 2.02 bits per heavy atom. The number of amides is 2. The van der Waals surface area contributed by atoms with E-state index in [4.69, 9.17) is 19.0 Å². The Bertz CT molecular complexity index is 1020. The molecule has 0 aliphatic carbocycles. The summed E-state index contributed by atoms with van der Waals surface area (Å²) in [6.45, 7) is 15.6. The predicted molar refractivity (Wildman–Crippen MR) is 173 cm³/mol. The third kappa shape index (κ3) is 18.3. The standard InChI is InChI=1S/C18H25NO5S.C12H23NO4.CH2O.2H2/c1-5-23-17(22)19-14(12-25-16(21)18(2,3)4)15(20)24-11-13-9-7-6-8-10-13;1-6-12(2,3)10(17-5)11(15)13-8-7-9(14)16-4;1-2;;/h6-10,14H,5,11-12H2,1-4H3,(H,19,22);10H,6-8H2,1-5H3,(H,13,15);1H2;2*1H/t14-;10-;;;/m00.../s1. The molecular formula is C31H54N2O10S. The Balaban J connectivity index is -0.000000371. The van der Waals surface area contributed by atoms with E-state index in [1.807, 2.05) is 57.9 Å². The average Bonchev–Trinajstić information content (AvgIpc) is 2.99. The molecule has 44 heavy (non-hydrogen) atoms. The molecule has 0 radical (unpaired) electrons. The van der Waals surface area contributed by atoms with E-state index in [1.165, 1.54) is 14.2 Å². The third-order valence-corrected chi connectivity index (χ3v) is 7.39. The van der Waals surface area contributed by atoms with Crippen LogP contribution in [0.3, 0.4) is 0 Å². The number of ether oxygens (including phenoxy) is 4. The Kier molecular flexibility index (Phi) is 22.3. The van der Waals surface area contributed by atoms with Crippen molar-refractivity contribution in [3.63, 3.8) is 0 Å². The summed E-state index contributed by atoms with van der Waals surface area (Å²) >= 11 is 0.992. The van der Waals surface area contributed by atoms with Crippen molar-refractivity contribution >= 4 is 47.6 Å². The molecule has 0 aliphatic rings. The van der Waals surface area contributed by atoms with Crippen molar-refractivity contribution in [1.29, 1.82) is 0 Å². The maximum Gasteiger partial charge on any atom is 0.407 e. The van der Waals surface area contributed by atoms with Gasteiger partial charge in [0.05, 0.1) is 20.1 Å². The number of thioether (sulfide) groups is 1. The fourth-order valence-electron chi connectivity index (χ4n) is 3.14. The number of hydrogen-bond acceptors (Lipinski definition) is 11. The summed E-state index contributed by atoms with van der Waals surface area (Å²) in [4.78, 5) is 66.7. The smallest absolute Gasteiger partial charge is 0.407 e. The molecule has 1 rings (SSSR count). The number of carbonyl (C=O) groups excluding carboxylic acids is 6. The Morgan fingerprint density at radius 2 is 1.55 bits per heavy atom. The highest BCUT2D eigenvalue weighted by molar-refractivity contribution is 8.13. The van der Waals surface area contributed by atoms with Crippen LogP contribution >= 0.6 is 11.8 Å². The van der Waals surface area contributed by atoms with E-state index in [0.717, 1.165) is 23.7 Å². The lowest BCUT2D eigenvalue weighted by Crippen LogP contribution is -2.45. The number of alkyl carbamates (subject to hydrolysis) is 1. The van der Waals surface area contributed by atoms with Crippen LogP contribution in [0.5, 0.6) is 0 Å². The van der Waals surface area contributed by atoms with Gasteiger partial charge in [-0.05, 0) is 24.3 Å². The number of carbonyl (C=O) groups is 6. The Hall–Kier alpha value is -3.45. The van der Waals surface area contributed by atoms with Crippen LogP contribution in [0, 0.1) is 10.8 Å². The summed E-state index contributed by atoms with van der Waals surface area (Å²) < 4.78 is 19.8. The van der Waals surface area contributed by atoms with Gasteiger partial charge in [-0.25, -0.2) is 9.59 Å². The molecule has 1 aromatic carbocycles. The molecule has 0 spiro atoms. The highest BCUT2D eigenvalue weighted by Gasteiger charge is 2.33. The lowest BCUT2D eigenvalue weighted by atomic mass is 9.83. The topological polar surface area (TPSA) is 163 Å². The van der Waals surface area contributed by atoms with Crippen LogP contribution < -0.4 is 10.6 Å². The molecule has 2 amide bonds. The third-order valence-electron chi connectivity index (χ3n) is 6.02. The van der Waals surface area contributed by atoms with Gasteiger partial charge in [-0.2, -0.15) is 0 Å². The molecule has 0 fully saturated rings. The van der Waals surface area contributed by atoms with E-state index < -0.39 is 29.6 Å². The zero-order valence-corrected chi connectivity index (χ0v) is 28.3. The molecule has 0 saturated heterocycles. The molecule has 0 heterocycles. The largest absolute Gasteiger partial charge is 0.469 e. The molecule has 13 heteroatoms. The summed E-state index contributed by atoms with van der Waals surface area (Å²) in [6, 6.07) is 8.26. The molecule has 0 unspecified atom stereocenters. The quantitative estimate of drug-likeness (QED) is 0.215. The minimum atomic E-state index is -0.959. The molecule has 1 aromatic rings. The van der Waals surface area contributed by atoms with Gasteiger partial charge in [0, 0.05) is 27.7 Å². The zero-order chi connectivity index (χ0) is 34.3. The van der Waals surface area contributed by atoms with E-state index in [2.05, 4.69) is 15.4 Å². The molecule has 2 N–H and O–H groups in total. The van der Waals surface area contributed by atoms with Crippen LogP contribution in [0.1, 0.15) is 69.7 Å². The first-order chi connectivity index (χ1) is 20.6. The number of benzene rings is 1. The van der Waals surface area contributed by atoms with Gasteiger partial charge in [-0.15, -0.1) is 0 Å². The van der Waals surface area contributed by atoms with Gasteiger partial charge >= 0.3 is 18.0 Å². The number of nitrogens with one attached hydrogen (secondary N) is 2. The van der Waals surface area contributed by atoms with Gasteiger partial charge < -0.3 is 34.4 Å². The highest BCUT2D eigenvalue weighted by atomic mass is 32.2. The van der Waals surface area contributed by atoms with Crippen molar-refractivity contribution in [3.05, 3.63) is 35.9 Å². The molecule has 12 nitrogen and oxygen atoms in total. The van der Waals surface area contributed by atoms with E-state index in [0.29, 0.717) is 0 Å². The average molecular weight is 647 g/mol. The molecule has 0 bridgehead atoms.